The molecule has 1 aliphatic carbocycles. The first kappa shape index (κ1) is 20.3. The first-order chi connectivity index (χ1) is 10.9. The second kappa shape index (κ2) is 7.85. The first-order valence-corrected chi connectivity index (χ1v) is 8.48. The number of rotatable bonds is 2. The predicted molar refractivity (Wildman–Crippen MR) is 90.9 cm³/mol. The third kappa shape index (κ3) is 7.19. The van der Waals surface area contributed by atoms with Crippen LogP contribution in [0.3, 0.4) is 0 Å². The molecule has 0 aromatic heterocycles. The van der Waals surface area contributed by atoms with Gasteiger partial charge in [-0.05, 0) is 46.5 Å². The van der Waals surface area contributed by atoms with Crippen LogP contribution in [0.25, 0.3) is 0 Å². The number of carbonyl (C=O) groups excluding carboxylic acids is 3. The maximum atomic E-state index is 12.1. The maximum Gasteiger partial charge on any atom is 0.407 e. The van der Waals surface area contributed by atoms with Gasteiger partial charge in [-0.3, -0.25) is 20.4 Å². The first-order valence-electron chi connectivity index (χ1n) is 8.48. The van der Waals surface area contributed by atoms with E-state index in [1.807, 2.05) is 20.8 Å². The summed E-state index contributed by atoms with van der Waals surface area (Å²) in [6.07, 6.45) is 2.33. The quantitative estimate of drug-likeness (QED) is 0.671. The van der Waals surface area contributed by atoms with Crippen LogP contribution >= 0.6 is 0 Å². The van der Waals surface area contributed by atoms with Gasteiger partial charge in [-0.1, -0.05) is 20.8 Å². The highest BCUT2D eigenvalue weighted by Gasteiger charge is 2.29. The molecule has 0 spiro atoms. The smallest absolute Gasteiger partial charge is 0.407 e. The number of carbonyl (C=O) groups is 3. The molecule has 24 heavy (non-hydrogen) atoms. The minimum Gasteiger partial charge on any atom is -0.444 e. The van der Waals surface area contributed by atoms with Gasteiger partial charge in [0.05, 0.1) is 0 Å². The lowest BCUT2D eigenvalue weighted by atomic mass is 9.85. The van der Waals surface area contributed by atoms with Crippen molar-refractivity contribution >= 4 is 17.9 Å². The van der Waals surface area contributed by atoms with Gasteiger partial charge in [0.1, 0.15) is 5.60 Å². The van der Waals surface area contributed by atoms with Crippen molar-refractivity contribution in [3.8, 4) is 0 Å². The second-order valence-corrected chi connectivity index (χ2v) is 8.39. The Kier molecular flexibility index (Phi) is 6.63. The molecular formula is C17H31N3O4. The summed E-state index contributed by atoms with van der Waals surface area (Å²) in [5.74, 6) is -0.554. The molecule has 0 saturated heterocycles. The van der Waals surface area contributed by atoms with Gasteiger partial charge in [0.15, 0.2) is 0 Å². The van der Waals surface area contributed by atoms with Crippen molar-refractivity contribution in [2.24, 2.45) is 11.3 Å². The highest BCUT2D eigenvalue weighted by Crippen LogP contribution is 2.24. The third-order valence-electron chi connectivity index (χ3n) is 3.80. The maximum absolute atomic E-state index is 12.1. The van der Waals surface area contributed by atoms with Crippen molar-refractivity contribution in [3.05, 3.63) is 0 Å². The van der Waals surface area contributed by atoms with Crippen molar-refractivity contribution < 1.29 is 19.1 Å². The monoisotopic (exact) mass is 341 g/mol. The van der Waals surface area contributed by atoms with Crippen LogP contribution in [-0.4, -0.2) is 29.6 Å². The molecule has 3 N–H and O–H groups in total. The summed E-state index contributed by atoms with van der Waals surface area (Å²) in [6.45, 7) is 10.8. The standard InChI is InChI=1S/C17H31N3O4/c1-16(2,3)14(22)20-19-13(21)11-7-9-12(10-8-11)18-15(23)24-17(4,5)6/h11-12H,7-10H2,1-6H3,(H,18,23)(H,19,21)(H,20,22)/t11-,12-. The number of hydrogen-bond acceptors (Lipinski definition) is 4. The highest BCUT2D eigenvalue weighted by atomic mass is 16.6. The highest BCUT2D eigenvalue weighted by molar-refractivity contribution is 5.85. The van der Waals surface area contributed by atoms with Crippen molar-refractivity contribution in [3.63, 3.8) is 0 Å². The van der Waals surface area contributed by atoms with Crippen molar-refractivity contribution in [1.82, 2.24) is 16.2 Å². The van der Waals surface area contributed by atoms with E-state index in [4.69, 9.17) is 4.74 Å². The molecule has 0 bridgehead atoms. The molecule has 0 atom stereocenters. The summed E-state index contributed by atoms with van der Waals surface area (Å²) in [5, 5.41) is 2.84. The summed E-state index contributed by atoms with van der Waals surface area (Å²) in [6, 6.07) is 0.0214. The molecule has 3 amide bonds. The van der Waals surface area contributed by atoms with Crippen LogP contribution in [-0.2, 0) is 14.3 Å². The summed E-state index contributed by atoms with van der Waals surface area (Å²) in [5.41, 5.74) is 3.88. The van der Waals surface area contributed by atoms with Gasteiger partial charge in [0.25, 0.3) is 0 Å². The van der Waals surface area contributed by atoms with Crippen LogP contribution in [0.1, 0.15) is 67.2 Å². The zero-order valence-electron chi connectivity index (χ0n) is 15.6. The molecule has 0 unspecified atom stereocenters. The molecule has 0 aromatic carbocycles. The largest absolute Gasteiger partial charge is 0.444 e. The Labute approximate surface area is 144 Å². The molecule has 1 saturated carbocycles. The normalized spacial score (nSPS) is 21.6. The van der Waals surface area contributed by atoms with Gasteiger partial charge >= 0.3 is 6.09 Å². The van der Waals surface area contributed by atoms with Crippen LogP contribution in [0.15, 0.2) is 0 Å². The zero-order chi connectivity index (χ0) is 18.5. The molecule has 0 radical (unpaired) electrons. The SMILES string of the molecule is CC(C)(C)OC(=O)N[C@H]1CC[C@H](C(=O)NNC(=O)C(C)(C)C)CC1. The molecule has 1 fully saturated rings. The Bertz CT molecular complexity index is 469. The second-order valence-electron chi connectivity index (χ2n) is 8.39. The van der Waals surface area contributed by atoms with Crippen LogP contribution in [0.4, 0.5) is 4.79 Å². The van der Waals surface area contributed by atoms with E-state index in [1.165, 1.54) is 0 Å². The molecule has 7 heteroatoms. The van der Waals surface area contributed by atoms with E-state index in [-0.39, 0.29) is 23.8 Å². The number of hydrogen-bond donors (Lipinski definition) is 3. The van der Waals surface area contributed by atoms with Crippen LogP contribution < -0.4 is 16.2 Å². The molecule has 0 aliphatic heterocycles. The average Bonchev–Trinajstić information content (AvgIpc) is 2.42. The number of alkyl carbamates (subject to hydrolysis) is 1. The lowest BCUT2D eigenvalue weighted by Crippen LogP contribution is -2.49. The zero-order valence-corrected chi connectivity index (χ0v) is 15.6. The van der Waals surface area contributed by atoms with Crippen LogP contribution in [0, 0.1) is 11.3 Å². The summed E-state index contributed by atoms with van der Waals surface area (Å²) in [7, 11) is 0. The van der Waals surface area contributed by atoms with E-state index in [1.54, 1.807) is 20.8 Å². The van der Waals surface area contributed by atoms with E-state index in [0.29, 0.717) is 25.7 Å². The van der Waals surface area contributed by atoms with Gasteiger partial charge in [-0.2, -0.15) is 0 Å². The Morgan fingerprint density at radius 3 is 1.88 bits per heavy atom. The van der Waals surface area contributed by atoms with Crippen molar-refractivity contribution in [2.45, 2.75) is 78.9 Å². The minimum absolute atomic E-state index is 0.0214. The molecule has 0 heterocycles. The van der Waals surface area contributed by atoms with E-state index < -0.39 is 17.1 Å². The Hall–Kier alpha value is -1.79. The van der Waals surface area contributed by atoms with Gasteiger partial charge in [0, 0.05) is 17.4 Å². The summed E-state index contributed by atoms with van der Waals surface area (Å²) in [4.78, 5) is 35.6. The Morgan fingerprint density at radius 1 is 0.875 bits per heavy atom. The van der Waals surface area contributed by atoms with Gasteiger partial charge in [0.2, 0.25) is 11.8 Å². The molecule has 138 valence electrons. The fourth-order valence-corrected chi connectivity index (χ4v) is 2.38. The predicted octanol–water partition coefficient (Wildman–Crippen LogP) is 2.26. The van der Waals surface area contributed by atoms with Gasteiger partial charge < -0.3 is 10.1 Å². The lowest BCUT2D eigenvalue weighted by Gasteiger charge is -2.29. The van der Waals surface area contributed by atoms with E-state index in [2.05, 4.69) is 16.2 Å². The molecule has 1 aliphatic rings. The molecular weight excluding hydrogens is 310 g/mol. The number of nitrogens with one attached hydrogen (secondary N) is 3. The fourth-order valence-electron chi connectivity index (χ4n) is 2.38. The molecule has 1 rings (SSSR count). The lowest BCUT2D eigenvalue weighted by molar-refractivity contribution is -0.135. The minimum atomic E-state index is -0.553. The van der Waals surface area contributed by atoms with Crippen molar-refractivity contribution in [2.75, 3.05) is 0 Å². The number of hydrazine groups is 1. The van der Waals surface area contributed by atoms with E-state index >= 15 is 0 Å². The average molecular weight is 341 g/mol. The third-order valence-corrected chi connectivity index (χ3v) is 3.80. The molecule has 7 nitrogen and oxygen atoms in total. The van der Waals surface area contributed by atoms with E-state index in [0.717, 1.165) is 0 Å². The van der Waals surface area contributed by atoms with Crippen molar-refractivity contribution in [1.29, 1.82) is 0 Å². The fraction of sp³-hybridized carbons (Fsp3) is 0.824. The van der Waals surface area contributed by atoms with Crippen LogP contribution in [0.5, 0.6) is 0 Å². The van der Waals surface area contributed by atoms with Gasteiger partial charge in [-0.15, -0.1) is 0 Å². The number of ether oxygens (including phenoxy) is 1. The van der Waals surface area contributed by atoms with E-state index in [9.17, 15) is 14.4 Å². The number of amides is 3. The van der Waals surface area contributed by atoms with Crippen LogP contribution in [0.2, 0.25) is 0 Å². The Balaban J connectivity index is 2.33. The summed E-state index contributed by atoms with van der Waals surface area (Å²) >= 11 is 0. The topological polar surface area (TPSA) is 96.5 Å². The summed E-state index contributed by atoms with van der Waals surface area (Å²) < 4.78 is 5.23. The van der Waals surface area contributed by atoms with Gasteiger partial charge in [-0.25, -0.2) is 4.79 Å². The Morgan fingerprint density at radius 2 is 1.42 bits per heavy atom. The molecule has 0 aromatic rings.